The van der Waals surface area contributed by atoms with E-state index in [0.717, 1.165) is 26.6 Å². The van der Waals surface area contributed by atoms with Crippen LogP contribution in [0, 0.1) is 3.70 Å². The summed E-state index contributed by atoms with van der Waals surface area (Å²) < 4.78 is 7.91. The van der Waals surface area contributed by atoms with E-state index in [1.54, 1.807) is 42.3 Å². The summed E-state index contributed by atoms with van der Waals surface area (Å²) in [7, 11) is 1.55. The number of nitrogens with zero attached hydrogens (tertiary/aromatic N) is 3. The van der Waals surface area contributed by atoms with Crippen LogP contribution in [0.5, 0.6) is 5.75 Å². The van der Waals surface area contributed by atoms with Gasteiger partial charge in [-0.1, -0.05) is 11.6 Å². The van der Waals surface area contributed by atoms with Gasteiger partial charge < -0.3 is 4.74 Å². The molecule has 106 valence electrons. The Morgan fingerprint density at radius 1 is 1.38 bits per heavy atom. The van der Waals surface area contributed by atoms with Gasteiger partial charge in [-0.15, -0.1) is 0 Å². The summed E-state index contributed by atoms with van der Waals surface area (Å²) in [4.78, 5) is 15.0. The Balaban J connectivity index is 2.30. The molecule has 0 unspecified atom stereocenters. The Bertz CT molecular complexity index is 848. The van der Waals surface area contributed by atoms with E-state index in [4.69, 9.17) is 16.3 Å². The molecule has 0 N–H and O–H groups in total. The Kier molecular flexibility index (Phi) is 3.81. The lowest BCUT2D eigenvalue weighted by molar-refractivity contribution is 0.112. The molecule has 0 bridgehead atoms. The smallest absolute Gasteiger partial charge is 0.150 e. The van der Waals surface area contributed by atoms with Crippen LogP contribution in [0.1, 0.15) is 10.4 Å². The summed E-state index contributed by atoms with van der Waals surface area (Å²) in [6, 6.07) is 6.93. The maximum atomic E-state index is 10.9. The minimum atomic E-state index is 0.392. The number of hydrogen-bond acceptors (Lipinski definition) is 4. The molecule has 2 aromatic heterocycles. The lowest BCUT2D eigenvalue weighted by atomic mass is 10.2. The second-order valence-corrected chi connectivity index (χ2v) is 5.68. The molecule has 0 spiro atoms. The predicted molar refractivity (Wildman–Crippen MR) is 88.5 cm³/mol. The molecule has 0 saturated carbocycles. The van der Waals surface area contributed by atoms with Gasteiger partial charge in [0.1, 0.15) is 26.6 Å². The third kappa shape index (κ3) is 2.49. The zero-order valence-electron chi connectivity index (χ0n) is 10.9. The van der Waals surface area contributed by atoms with Crippen molar-refractivity contribution in [1.82, 2.24) is 14.8 Å². The van der Waals surface area contributed by atoms with Crippen LogP contribution in [-0.4, -0.2) is 28.2 Å². The molecule has 0 fully saturated rings. The molecule has 2 heterocycles. The quantitative estimate of drug-likeness (QED) is 0.375. The molecule has 0 radical (unpaired) electrons. The molecule has 0 atom stereocenters. The molecule has 3 rings (SSSR count). The third-order valence-corrected chi connectivity index (χ3v) is 4.06. The molecular formula is C14H9ClIN3O2. The monoisotopic (exact) mass is 413 g/mol. The van der Waals surface area contributed by atoms with Gasteiger partial charge in [0.25, 0.3) is 0 Å². The molecule has 21 heavy (non-hydrogen) atoms. The summed E-state index contributed by atoms with van der Waals surface area (Å²) in [5.74, 6) is 0.563. The average Bonchev–Trinajstić information content (AvgIpc) is 2.82. The van der Waals surface area contributed by atoms with E-state index in [2.05, 4.69) is 32.7 Å². The Labute approximate surface area is 139 Å². The van der Waals surface area contributed by atoms with Gasteiger partial charge >= 0.3 is 0 Å². The van der Waals surface area contributed by atoms with E-state index in [0.29, 0.717) is 16.5 Å². The zero-order chi connectivity index (χ0) is 15.0. The SMILES string of the molecule is COc1cc(C=O)ccc1-n1nc(I)c2cnc(Cl)cc21. The third-order valence-electron chi connectivity index (χ3n) is 3.06. The van der Waals surface area contributed by atoms with Crippen molar-refractivity contribution in [1.29, 1.82) is 0 Å². The van der Waals surface area contributed by atoms with Crippen molar-refractivity contribution in [3.05, 3.63) is 44.9 Å². The van der Waals surface area contributed by atoms with Gasteiger partial charge in [0.15, 0.2) is 0 Å². The van der Waals surface area contributed by atoms with Crippen LogP contribution in [0.25, 0.3) is 16.6 Å². The summed E-state index contributed by atoms with van der Waals surface area (Å²) in [5, 5.41) is 5.80. The van der Waals surface area contributed by atoms with Crippen LogP contribution in [0.2, 0.25) is 5.15 Å². The number of halogens is 2. The molecule has 3 aromatic rings. The highest BCUT2D eigenvalue weighted by Gasteiger charge is 2.14. The molecule has 7 heteroatoms. The normalized spacial score (nSPS) is 10.8. The molecule has 1 aromatic carbocycles. The summed E-state index contributed by atoms with van der Waals surface area (Å²) >= 11 is 8.12. The number of pyridine rings is 1. The number of hydrogen-bond donors (Lipinski definition) is 0. The summed E-state index contributed by atoms with van der Waals surface area (Å²) in [6.45, 7) is 0. The first-order chi connectivity index (χ1) is 10.1. The zero-order valence-corrected chi connectivity index (χ0v) is 13.8. The van der Waals surface area contributed by atoms with Crippen LogP contribution in [0.4, 0.5) is 0 Å². The van der Waals surface area contributed by atoms with E-state index in [1.165, 1.54) is 0 Å². The van der Waals surface area contributed by atoms with Crippen LogP contribution in [0.3, 0.4) is 0 Å². The van der Waals surface area contributed by atoms with E-state index in [-0.39, 0.29) is 0 Å². The fourth-order valence-corrected chi connectivity index (χ4v) is 2.86. The Morgan fingerprint density at radius 3 is 2.90 bits per heavy atom. The number of carbonyl (C=O) groups excluding carboxylic acids is 1. The first-order valence-electron chi connectivity index (χ1n) is 5.97. The molecule has 0 saturated heterocycles. The van der Waals surface area contributed by atoms with Crippen molar-refractivity contribution >= 4 is 51.4 Å². The van der Waals surface area contributed by atoms with Gasteiger partial charge in [-0.3, -0.25) is 4.79 Å². The first-order valence-corrected chi connectivity index (χ1v) is 7.43. The van der Waals surface area contributed by atoms with Crippen molar-refractivity contribution in [2.75, 3.05) is 7.11 Å². The van der Waals surface area contributed by atoms with Gasteiger partial charge in [-0.2, -0.15) is 5.10 Å². The van der Waals surface area contributed by atoms with E-state index in [1.807, 2.05) is 0 Å². The van der Waals surface area contributed by atoms with E-state index in [9.17, 15) is 4.79 Å². The molecule has 0 aliphatic rings. The topological polar surface area (TPSA) is 57.0 Å². The average molecular weight is 414 g/mol. The number of methoxy groups -OCH3 is 1. The van der Waals surface area contributed by atoms with Crippen molar-refractivity contribution in [3.63, 3.8) is 0 Å². The second-order valence-electron chi connectivity index (χ2n) is 4.28. The lowest BCUT2D eigenvalue weighted by Crippen LogP contribution is -2.01. The van der Waals surface area contributed by atoms with Crippen molar-refractivity contribution in [3.8, 4) is 11.4 Å². The summed E-state index contributed by atoms with van der Waals surface area (Å²) in [6.07, 6.45) is 2.47. The highest BCUT2D eigenvalue weighted by atomic mass is 127. The van der Waals surface area contributed by atoms with E-state index < -0.39 is 0 Å². The van der Waals surface area contributed by atoms with Crippen LogP contribution in [0.15, 0.2) is 30.5 Å². The van der Waals surface area contributed by atoms with Gasteiger partial charge in [-0.25, -0.2) is 9.67 Å². The molecule has 0 aliphatic carbocycles. The van der Waals surface area contributed by atoms with Crippen molar-refractivity contribution in [2.45, 2.75) is 0 Å². The largest absolute Gasteiger partial charge is 0.494 e. The number of carbonyl (C=O) groups is 1. The number of aldehydes is 1. The number of fused-ring (bicyclic) bond motifs is 1. The van der Waals surface area contributed by atoms with Gasteiger partial charge in [-0.05, 0) is 40.8 Å². The number of aromatic nitrogens is 3. The van der Waals surface area contributed by atoms with E-state index >= 15 is 0 Å². The molecule has 0 amide bonds. The highest BCUT2D eigenvalue weighted by molar-refractivity contribution is 14.1. The van der Waals surface area contributed by atoms with Crippen molar-refractivity contribution in [2.24, 2.45) is 0 Å². The Morgan fingerprint density at radius 2 is 2.19 bits per heavy atom. The number of rotatable bonds is 3. The summed E-state index contributed by atoms with van der Waals surface area (Å²) in [5.41, 5.74) is 2.11. The standard InChI is InChI=1S/C14H9ClIN3O2/c1-21-12-4-8(7-20)2-3-10(12)19-11-5-13(15)17-6-9(11)14(16)18-19/h2-7H,1H3. The van der Waals surface area contributed by atoms with Gasteiger partial charge in [0.2, 0.25) is 0 Å². The fourth-order valence-electron chi connectivity index (χ4n) is 2.08. The van der Waals surface area contributed by atoms with Crippen LogP contribution in [-0.2, 0) is 0 Å². The molecule has 0 aliphatic heterocycles. The number of ether oxygens (including phenoxy) is 1. The van der Waals surface area contributed by atoms with Crippen LogP contribution >= 0.6 is 34.2 Å². The first kappa shape index (κ1) is 14.3. The minimum absolute atomic E-state index is 0.392. The maximum Gasteiger partial charge on any atom is 0.150 e. The highest BCUT2D eigenvalue weighted by Crippen LogP contribution is 2.29. The van der Waals surface area contributed by atoms with Crippen LogP contribution < -0.4 is 4.74 Å². The fraction of sp³-hybridized carbons (Fsp3) is 0.0714. The van der Waals surface area contributed by atoms with Crippen molar-refractivity contribution < 1.29 is 9.53 Å². The molecular weight excluding hydrogens is 405 g/mol. The molecule has 5 nitrogen and oxygen atoms in total. The lowest BCUT2D eigenvalue weighted by Gasteiger charge is -2.10. The second kappa shape index (κ2) is 5.61. The maximum absolute atomic E-state index is 10.9. The minimum Gasteiger partial charge on any atom is -0.494 e. The Hall–Kier alpha value is -1.67. The predicted octanol–water partition coefficient (Wildman–Crippen LogP) is 3.50. The van der Waals surface area contributed by atoms with Gasteiger partial charge in [0, 0.05) is 17.8 Å². The number of benzene rings is 1. The van der Waals surface area contributed by atoms with Gasteiger partial charge in [0.05, 0.1) is 18.0 Å².